The summed E-state index contributed by atoms with van der Waals surface area (Å²) >= 11 is 0. The number of benzene rings is 1. The number of nitrogens with one attached hydrogen (secondary N) is 1. The molecule has 23 heavy (non-hydrogen) atoms. The molecule has 0 radical (unpaired) electrons. The van der Waals surface area contributed by atoms with Crippen molar-refractivity contribution in [1.29, 1.82) is 0 Å². The van der Waals surface area contributed by atoms with Gasteiger partial charge >= 0.3 is 6.03 Å². The van der Waals surface area contributed by atoms with Crippen LogP contribution < -0.4 is 10.1 Å². The van der Waals surface area contributed by atoms with Gasteiger partial charge in [0.15, 0.2) is 0 Å². The molecule has 0 bridgehead atoms. The molecular formula is C18H21N3O2. The van der Waals surface area contributed by atoms with E-state index in [0.29, 0.717) is 11.6 Å². The Kier molecular flexibility index (Phi) is 4.46. The van der Waals surface area contributed by atoms with Gasteiger partial charge in [0.25, 0.3) is 0 Å². The Morgan fingerprint density at radius 2 is 2.13 bits per heavy atom. The fraction of sp³-hybridized carbons (Fsp3) is 0.333. The SMILES string of the molecule is COc1ncc(C)cc1NC(=O)N1CCCC1c1ccccc1. The van der Waals surface area contributed by atoms with Gasteiger partial charge < -0.3 is 15.0 Å². The molecule has 2 aromatic rings. The first-order chi connectivity index (χ1) is 11.2. The highest BCUT2D eigenvalue weighted by Gasteiger charge is 2.30. The highest BCUT2D eigenvalue weighted by molar-refractivity contribution is 5.91. The van der Waals surface area contributed by atoms with E-state index in [-0.39, 0.29) is 12.1 Å². The summed E-state index contributed by atoms with van der Waals surface area (Å²) in [4.78, 5) is 18.8. The van der Waals surface area contributed by atoms with Gasteiger partial charge in [-0.1, -0.05) is 30.3 Å². The topological polar surface area (TPSA) is 54.5 Å². The summed E-state index contributed by atoms with van der Waals surface area (Å²) in [5.41, 5.74) is 2.76. The number of nitrogens with zero attached hydrogens (tertiary/aromatic N) is 2. The summed E-state index contributed by atoms with van der Waals surface area (Å²) < 4.78 is 5.23. The fourth-order valence-corrected chi connectivity index (χ4v) is 3.03. The van der Waals surface area contributed by atoms with Crippen LogP contribution >= 0.6 is 0 Å². The van der Waals surface area contributed by atoms with Crippen LogP contribution in [0.3, 0.4) is 0 Å². The molecule has 1 aromatic heterocycles. The van der Waals surface area contributed by atoms with Crippen molar-refractivity contribution in [1.82, 2.24) is 9.88 Å². The molecule has 1 N–H and O–H groups in total. The minimum Gasteiger partial charge on any atom is -0.480 e. The molecule has 1 unspecified atom stereocenters. The third-order valence-corrected chi connectivity index (χ3v) is 4.12. The van der Waals surface area contributed by atoms with Crippen LogP contribution in [0.15, 0.2) is 42.6 Å². The molecule has 2 amide bonds. The van der Waals surface area contributed by atoms with Crippen LogP contribution in [0.2, 0.25) is 0 Å². The van der Waals surface area contributed by atoms with E-state index in [1.54, 1.807) is 13.3 Å². The van der Waals surface area contributed by atoms with Crippen molar-refractivity contribution in [2.45, 2.75) is 25.8 Å². The molecule has 1 aromatic carbocycles. The van der Waals surface area contributed by atoms with E-state index < -0.39 is 0 Å². The molecule has 2 heterocycles. The van der Waals surface area contributed by atoms with Gasteiger partial charge in [-0.25, -0.2) is 9.78 Å². The molecule has 3 rings (SSSR count). The zero-order valence-electron chi connectivity index (χ0n) is 13.5. The summed E-state index contributed by atoms with van der Waals surface area (Å²) in [6, 6.07) is 12.1. The normalized spacial score (nSPS) is 17.1. The number of urea groups is 1. The second-order valence-electron chi connectivity index (χ2n) is 5.76. The number of hydrogen-bond acceptors (Lipinski definition) is 3. The first-order valence-corrected chi connectivity index (χ1v) is 7.82. The standard InChI is InChI=1S/C18H21N3O2/c1-13-11-15(17(23-2)19-12-13)20-18(22)21-10-6-9-16(21)14-7-4-3-5-8-14/h3-5,7-8,11-12,16H,6,9-10H2,1-2H3,(H,20,22). The highest BCUT2D eigenvalue weighted by atomic mass is 16.5. The molecule has 5 nitrogen and oxygen atoms in total. The number of rotatable bonds is 3. The van der Waals surface area contributed by atoms with Crippen LogP contribution in [0.4, 0.5) is 10.5 Å². The van der Waals surface area contributed by atoms with Crippen molar-refractivity contribution < 1.29 is 9.53 Å². The molecule has 120 valence electrons. The molecule has 1 fully saturated rings. The first-order valence-electron chi connectivity index (χ1n) is 7.82. The van der Waals surface area contributed by atoms with E-state index in [9.17, 15) is 4.79 Å². The Hall–Kier alpha value is -2.56. The average Bonchev–Trinajstić information content (AvgIpc) is 3.05. The Morgan fingerprint density at radius 3 is 2.87 bits per heavy atom. The van der Waals surface area contributed by atoms with E-state index >= 15 is 0 Å². The number of hydrogen-bond donors (Lipinski definition) is 1. The van der Waals surface area contributed by atoms with Crippen molar-refractivity contribution in [2.75, 3.05) is 19.0 Å². The quantitative estimate of drug-likeness (QED) is 0.939. The highest BCUT2D eigenvalue weighted by Crippen LogP contribution is 2.33. The van der Waals surface area contributed by atoms with Gasteiger partial charge in [-0.15, -0.1) is 0 Å². The van der Waals surface area contributed by atoms with E-state index in [2.05, 4.69) is 22.4 Å². The lowest BCUT2D eigenvalue weighted by Gasteiger charge is -2.25. The number of anilines is 1. The van der Waals surface area contributed by atoms with E-state index in [1.165, 1.54) is 5.56 Å². The van der Waals surface area contributed by atoms with Crippen LogP contribution in [-0.2, 0) is 0 Å². The molecular weight excluding hydrogens is 290 g/mol. The number of methoxy groups -OCH3 is 1. The van der Waals surface area contributed by atoms with Crippen LogP contribution in [0.1, 0.15) is 30.0 Å². The number of carbonyl (C=O) groups excluding carboxylic acids is 1. The molecule has 1 saturated heterocycles. The van der Waals surface area contributed by atoms with E-state index in [1.807, 2.05) is 36.1 Å². The fourth-order valence-electron chi connectivity index (χ4n) is 3.03. The van der Waals surface area contributed by atoms with E-state index in [4.69, 9.17) is 4.74 Å². The lowest BCUT2D eigenvalue weighted by molar-refractivity contribution is 0.207. The predicted octanol–water partition coefficient (Wildman–Crippen LogP) is 3.77. The second kappa shape index (κ2) is 6.69. The molecule has 0 aliphatic carbocycles. The molecule has 1 aliphatic heterocycles. The Balaban J connectivity index is 1.79. The average molecular weight is 311 g/mol. The van der Waals surface area contributed by atoms with Gasteiger partial charge in [-0.2, -0.15) is 0 Å². The summed E-state index contributed by atoms with van der Waals surface area (Å²) in [6.07, 6.45) is 3.72. The third-order valence-electron chi connectivity index (χ3n) is 4.12. The molecule has 0 spiro atoms. The summed E-state index contributed by atoms with van der Waals surface area (Å²) in [5.74, 6) is 0.430. The summed E-state index contributed by atoms with van der Waals surface area (Å²) in [5, 5.41) is 2.94. The third kappa shape index (κ3) is 3.28. The maximum absolute atomic E-state index is 12.7. The lowest BCUT2D eigenvalue weighted by atomic mass is 10.1. The first kappa shape index (κ1) is 15.3. The van der Waals surface area contributed by atoms with Crippen molar-refractivity contribution in [3.05, 3.63) is 53.7 Å². The van der Waals surface area contributed by atoms with Gasteiger partial charge in [0, 0.05) is 12.7 Å². The molecule has 1 atom stereocenters. The smallest absolute Gasteiger partial charge is 0.322 e. The number of ether oxygens (including phenoxy) is 1. The van der Waals surface area contributed by atoms with Crippen molar-refractivity contribution >= 4 is 11.7 Å². The Labute approximate surface area is 136 Å². The van der Waals surface area contributed by atoms with Gasteiger partial charge in [-0.05, 0) is 37.0 Å². The summed E-state index contributed by atoms with van der Waals surface area (Å²) in [7, 11) is 1.55. The van der Waals surface area contributed by atoms with Crippen molar-refractivity contribution in [2.24, 2.45) is 0 Å². The molecule has 1 aliphatic rings. The molecule has 0 saturated carbocycles. The maximum Gasteiger partial charge on any atom is 0.322 e. The van der Waals surface area contributed by atoms with Gasteiger partial charge in [-0.3, -0.25) is 0 Å². The number of pyridine rings is 1. The largest absolute Gasteiger partial charge is 0.480 e. The predicted molar refractivity (Wildman–Crippen MR) is 89.7 cm³/mol. The van der Waals surface area contributed by atoms with E-state index in [0.717, 1.165) is 24.9 Å². The van der Waals surface area contributed by atoms with Gasteiger partial charge in [0.2, 0.25) is 5.88 Å². The zero-order chi connectivity index (χ0) is 16.2. The zero-order valence-corrected chi connectivity index (χ0v) is 13.5. The monoisotopic (exact) mass is 311 g/mol. The number of aryl methyl sites for hydroxylation is 1. The van der Waals surface area contributed by atoms with Gasteiger partial charge in [0.1, 0.15) is 5.69 Å². The number of aromatic nitrogens is 1. The lowest BCUT2D eigenvalue weighted by Crippen LogP contribution is -2.34. The minimum atomic E-state index is -0.109. The van der Waals surface area contributed by atoms with Crippen LogP contribution in [0.25, 0.3) is 0 Å². The number of carbonyl (C=O) groups is 1. The van der Waals surface area contributed by atoms with Crippen LogP contribution in [0.5, 0.6) is 5.88 Å². The minimum absolute atomic E-state index is 0.109. The van der Waals surface area contributed by atoms with Gasteiger partial charge in [0.05, 0.1) is 13.2 Å². The number of likely N-dealkylation sites (tertiary alicyclic amines) is 1. The summed E-state index contributed by atoms with van der Waals surface area (Å²) in [6.45, 7) is 2.69. The Morgan fingerprint density at radius 1 is 1.35 bits per heavy atom. The van der Waals surface area contributed by atoms with Crippen LogP contribution in [0, 0.1) is 6.92 Å². The Bertz CT molecular complexity index is 688. The van der Waals surface area contributed by atoms with Crippen LogP contribution in [-0.4, -0.2) is 29.6 Å². The van der Waals surface area contributed by atoms with Crippen molar-refractivity contribution in [3.63, 3.8) is 0 Å². The second-order valence-corrected chi connectivity index (χ2v) is 5.76. The molecule has 5 heteroatoms. The number of amides is 2. The van der Waals surface area contributed by atoms with Crippen molar-refractivity contribution in [3.8, 4) is 5.88 Å². The maximum atomic E-state index is 12.7.